The smallest absolute Gasteiger partial charge is 0.257 e. The lowest BCUT2D eigenvalue weighted by Gasteiger charge is -2.17. The van der Waals surface area contributed by atoms with Gasteiger partial charge in [-0.15, -0.1) is 0 Å². The third-order valence-electron chi connectivity index (χ3n) is 4.58. The molecule has 1 unspecified atom stereocenters. The van der Waals surface area contributed by atoms with Crippen LogP contribution < -0.4 is 10.9 Å². The first-order chi connectivity index (χ1) is 13.4. The van der Waals surface area contributed by atoms with E-state index in [1.807, 2.05) is 6.92 Å². The molecule has 1 heterocycles. The Morgan fingerprint density at radius 1 is 1.29 bits per heavy atom. The Kier molecular flexibility index (Phi) is 8.23. The van der Waals surface area contributed by atoms with Gasteiger partial charge >= 0.3 is 0 Å². The molecule has 1 aromatic heterocycles. The second-order valence-electron chi connectivity index (χ2n) is 6.79. The van der Waals surface area contributed by atoms with Crippen LogP contribution in [0.5, 0.6) is 0 Å². The van der Waals surface area contributed by atoms with Crippen LogP contribution in [-0.2, 0) is 18.3 Å². The first kappa shape index (κ1) is 22.1. The third-order valence-corrected chi connectivity index (χ3v) is 5.99. The number of halogens is 1. The van der Waals surface area contributed by atoms with E-state index >= 15 is 0 Å². The molecular weight excluding hydrogens is 377 g/mol. The van der Waals surface area contributed by atoms with Crippen LogP contribution in [0.15, 0.2) is 34.2 Å². The van der Waals surface area contributed by atoms with Crippen molar-refractivity contribution >= 4 is 17.7 Å². The number of carbonyl (C=O) groups is 1. The molecule has 0 spiro atoms. The summed E-state index contributed by atoms with van der Waals surface area (Å²) >= 11 is 1.32. The van der Waals surface area contributed by atoms with Crippen LogP contribution in [0, 0.1) is 12.7 Å². The number of aryl methyl sites for hydroxylation is 1. The maximum atomic E-state index is 13.1. The van der Waals surface area contributed by atoms with Crippen LogP contribution in [0.25, 0.3) is 0 Å². The fourth-order valence-corrected chi connectivity index (χ4v) is 3.84. The van der Waals surface area contributed by atoms with Gasteiger partial charge in [-0.05, 0) is 37.5 Å². The van der Waals surface area contributed by atoms with E-state index in [9.17, 15) is 14.0 Å². The van der Waals surface area contributed by atoms with Crippen LogP contribution in [0.1, 0.15) is 49.9 Å². The average Bonchev–Trinajstić information content (AvgIpc) is 2.68. The van der Waals surface area contributed by atoms with E-state index in [-0.39, 0.29) is 22.5 Å². The lowest BCUT2D eigenvalue weighted by atomic mass is 10.1. The topological polar surface area (TPSA) is 64.0 Å². The van der Waals surface area contributed by atoms with Gasteiger partial charge in [0.25, 0.3) is 5.56 Å². The zero-order valence-electron chi connectivity index (χ0n) is 16.9. The molecule has 0 aliphatic carbocycles. The molecule has 1 amide bonds. The Morgan fingerprint density at radius 2 is 1.96 bits per heavy atom. The molecule has 0 aliphatic heterocycles. The fraction of sp³-hybridized carbons (Fsp3) is 0.476. The SMILES string of the molecule is CCCCNC(=O)C(CC)Sc1nc(C)c(Cc2ccc(F)cc2)c(=O)n1C. The predicted octanol–water partition coefficient (Wildman–Crippen LogP) is 3.61. The number of nitrogens with zero attached hydrogens (tertiary/aromatic N) is 2. The minimum atomic E-state index is -0.305. The maximum absolute atomic E-state index is 13.1. The van der Waals surface area contributed by atoms with Crippen molar-refractivity contribution < 1.29 is 9.18 Å². The summed E-state index contributed by atoms with van der Waals surface area (Å²) in [5.74, 6) is -0.329. The first-order valence-electron chi connectivity index (χ1n) is 9.62. The van der Waals surface area contributed by atoms with Gasteiger partial charge in [0, 0.05) is 31.3 Å². The largest absolute Gasteiger partial charge is 0.355 e. The van der Waals surface area contributed by atoms with Crippen molar-refractivity contribution in [2.45, 2.75) is 56.9 Å². The molecule has 0 bridgehead atoms. The van der Waals surface area contributed by atoms with Crippen LogP contribution in [0.3, 0.4) is 0 Å². The summed E-state index contributed by atoms with van der Waals surface area (Å²) in [7, 11) is 1.67. The summed E-state index contributed by atoms with van der Waals surface area (Å²) in [5, 5.41) is 3.18. The standard InChI is InChI=1S/C21H28FN3O2S/c1-5-7-12-23-19(26)18(6-2)28-21-24-14(3)17(20(27)25(21)4)13-15-8-10-16(22)11-9-15/h8-11,18H,5-7,12-13H2,1-4H3,(H,23,26). The van der Waals surface area contributed by atoms with E-state index in [2.05, 4.69) is 17.2 Å². The minimum absolute atomic E-state index is 0.0248. The molecule has 152 valence electrons. The van der Waals surface area contributed by atoms with Crippen molar-refractivity contribution in [2.24, 2.45) is 7.05 Å². The Hall–Kier alpha value is -2.15. The number of aromatic nitrogens is 2. The first-order valence-corrected chi connectivity index (χ1v) is 10.5. The number of carbonyl (C=O) groups excluding carboxylic acids is 1. The number of thioether (sulfide) groups is 1. The molecule has 2 aromatic rings. The van der Waals surface area contributed by atoms with E-state index in [1.165, 1.54) is 28.5 Å². The van der Waals surface area contributed by atoms with E-state index in [0.29, 0.717) is 35.8 Å². The lowest BCUT2D eigenvalue weighted by Crippen LogP contribution is -2.34. The van der Waals surface area contributed by atoms with Crippen molar-refractivity contribution in [3.63, 3.8) is 0 Å². The second-order valence-corrected chi connectivity index (χ2v) is 7.95. The molecule has 2 rings (SSSR count). The minimum Gasteiger partial charge on any atom is -0.355 e. The van der Waals surface area contributed by atoms with Crippen LogP contribution in [0.4, 0.5) is 4.39 Å². The quantitative estimate of drug-likeness (QED) is 0.393. The number of nitrogens with one attached hydrogen (secondary N) is 1. The van der Waals surface area contributed by atoms with Gasteiger partial charge in [-0.2, -0.15) is 0 Å². The van der Waals surface area contributed by atoms with Crippen molar-refractivity contribution in [1.82, 2.24) is 14.9 Å². The maximum Gasteiger partial charge on any atom is 0.257 e. The number of hydrogen-bond donors (Lipinski definition) is 1. The van der Waals surface area contributed by atoms with Crippen molar-refractivity contribution in [3.8, 4) is 0 Å². The van der Waals surface area contributed by atoms with Gasteiger partial charge in [0.15, 0.2) is 5.16 Å². The molecule has 1 aromatic carbocycles. The number of amides is 1. The van der Waals surface area contributed by atoms with E-state index < -0.39 is 0 Å². The van der Waals surface area contributed by atoms with Crippen molar-refractivity contribution in [1.29, 1.82) is 0 Å². The van der Waals surface area contributed by atoms with Gasteiger partial charge in [-0.25, -0.2) is 9.37 Å². The summed E-state index contributed by atoms with van der Waals surface area (Å²) in [6.45, 7) is 6.49. The fourth-order valence-electron chi connectivity index (χ4n) is 2.80. The van der Waals surface area contributed by atoms with Gasteiger partial charge in [-0.3, -0.25) is 14.2 Å². The van der Waals surface area contributed by atoms with Gasteiger partial charge in [0.1, 0.15) is 5.82 Å². The van der Waals surface area contributed by atoms with Crippen molar-refractivity contribution in [2.75, 3.05) is 6.54 Å². The third kappa shape index (κ3) is 5.67. The number of hydrogen-bond acceptors (Lipinski definition) is 4. The molecule has 0 saturated heterocycles. The molecule has 0 radical (unpaired) electrons. The van der Waals surface area contributed by atoms with Crippen molar-refractivity contribution in [3.05, 3.63) is 57.3 Å². The Labute approximate surface area is 169 Å². The molecule has 0 aliphatic rings. The monoisotopic (exact) mass is 405 g/mol. The summed E-state index contributed by atoms with van der Waals surface area (Å²) in [6, 6.07) is 6.11. The highest BCUT2D eigenvalue weighted by molar-refractivity contribution is 8.00. The summed E-state index contributed by atoms with van der Waals surface area (Å²) in [5.41, 5.74) is 1.93. The lowest BCUT2D eigenvalue weighted by molar-refractivity contribution is -0.120. The van der Waals surface area contributed by atoms with Gasteiger partial charge in [0.2, 0.25) is 5.91 Å². The van der Waals surface area contributed by atoms with Gasteiger partial charge < -0.3 is 5.32 Å². The zero-order valence-corrected chi connectivity index (χ0v) is 17.7. The van der Waals surface area contributed by atoms with Crippen LogP contribution in [0.2, 0.25) is 0 Å². The van der Waals surface area contributed by atoms with Gasteiger partial charge in [-0.1, -0.05) is 44.2 Å². The normalized spacial score (nSPS) is 12.0. The molecule has 1 N–H and O–H groups in total. The van der Waals surface area contributed by atoms with E-state index in [1.54, 1.807) is 26.1 Å². The average molecular weight is 406 g/mol. The highest BCUT2D eigenvalue weighted by atomic mass is 32.2. The number of unbranched alkanes of at least 4 members (excludes halogenated alkanes) is 1. The molecule has 7 heteroatoms. The highest BCUT2D eigenvalue weighted by Crippen LogP contribution is 2.24. The zero-order chi connectivity index (χ0) is 20.7. The highest BCUT2D eigenvalue weighted by Gasteiger charge is 2.21. The van der Waals surface area contributed by atoms with E-state index in [0.717, 1.165) is 18.4 Å². The Bertz CT molecular complexity index is 865. The molecule has 28 heavy (non-hydrogen) atoms. The molecule has 0 fully saturated rings. The Morgan fingerprint density at radius 3 is 2.57 bits per heavy atom. The molecule has 5 nitrogen and oxygen atoms in total. The number of rotatable bonds is 9. The van der Waals surface area contributed by atoms with E-state index in [4.69, 9.17) is 0 Å². The Balaban J connectivity index is 2.21. The molecular formula is C21H28FN3O2S. The molecule has 1 atom stereocenters. The van der Waals surface area contributed by atoms with Gasteiger partial charge in [0.05, 0.1) is 5.25 Å². The van der Waals surface area contributed by atoms with Crippen LogP contribution >= 0.6 is 11.8 Å². The molecule has 0 saturated carbocycles. The summed E-state index contributed by atoms with van der Waals surface area (Å²) in [4.78, 5) is 29.8. The second kappa shape index (κ2) is 10.4. The summed E-state index contributed by atoms with van der Waals surface area (Å²) < 4.78 is 14.6. The number of benzene rings is 1. The van der Waals surface area contributed by atoms with Crippen LogP contribution in [-0.4, -0.2) is 27.3 Å². The summed E-state index contributed by atoms with van der Waals surface area (Å²) in [6.07, 6.45) is 3.01. The predicted molar refractivity (Wildman–Crippen MR) is 111 cm³/mol.